The van der Waals surface area contributed by atoms with Gasteiger partial charge in [0.2, 0.25) is 0 Å². The largest absolute Gasteiger partial charge is 0.260 e. The summed E-state index contributed by atoms with van der Waals surface area (Å²) in [5.74, 6) is 0. The first-order chi connectivity index (χ1) is 5.83. The van der Waals surface area contributed by atoms with Crippen LogP contribution in [0.5, 0.6) is 0 Å². The van der Waals surface area contributed by atoms with Crippen LogP contribution < -0.4 is 4.72 Å². The van der Waals surface area contributed by atoms with E-state index < -0.39 is 0 Å². The quantitative estimate of drug-likeness (QED) is 0.566. The molecule has 0 aliphatic carbocycles. The number of rotatable bonds is 4. The molecule has 1 aromatic rings. The van der Waals surface area contributed by atoms with E-state index in [0.717, 1.165) is 6.54 Å². The van der Waals surface area contributed by atoms with Crippen molar-refractivity contribution in [1.29, 1.82) is 0 Å². The lowest BCUT2D eigenvalue weighted by atomic mass is 10.2. The normalized spacial score (nSPS) is 10.2. The minimum absolute atomic E-state index is 1.07. The highest BCUT2D eigenvalue weighted by atomic mass is 32.2. The molecule has 0 aliphatic rings. The van der Waals surface area contributed by atoms with Crippen molar-refractivity contribution in [2.45, 2.75) is 25.2 Å². The Morgan fingerprint density at radius 3 is 2.50 bits per heavy atom. The Morgan fingerprint density at radius 1 is 1.25 bits per heavy atom. The summed E-state index contributed by atoms with van der Waals surface area (Å²) in [6.45, 7) is 5.34. The number of hydrogen-bond donors (Lipinski definition) is 1. The SMILES string of the molecule is CCCNSc1ccc(C)cc1. The summed E-state index contributed by atoms with van der Waals surface area (Å²) < 4.78 is 3.29. The van der Waals surface area contributed by atoms with E-state index >= 15 is 0 Å². The van der Waals surface area contributed by atoms with Crippen LogP contribution in [-0.2, 0) is 0 Å². The van der Waals surface area contributed by atoms with E-state index in [1.807, 2.05) is 0 Å². The molecule has 0 heterocycles. The number of nitrogens with one attached hydrogen (secondary N) is 1. The summed E-state index contributed by atoms with van der Waals surface area (Å²) in [5.41, 5.74) is 1.31. The summed E-state index contributed by atoms with van der Waals surface area (Å²) in [4.78, 5) is 1.29. The van der Waals surface area contributed by atoms with E-state index in [2.05, 4.69) is 42.8 Å². The Bertz CT molecular complexity index is 218. The zero-order valence-electron chi connectivity index (χ0n) is 7.63. The van der Waals surface area contributed by atoms with Gasteiger partial charge in [0.1, 0.15) is 0 Å². The molecule has 0 aromatic heterocycles. The molecule has 0 spiro atoms. The monoisotopic (exact) mass is 181 g/mol. The summed E-state index contributed by atoms with van der Waals surface area (Å²) in [6.07, 6.45) is 1.18. The maximum absolute atomic E-state index is 3.29. The fraction of sp³-hybridized carbons (Fsp3) is 0.400. The van der Waals surface area contributed by atoms with Gasteiger partial charge in [0.25, 0.3) is 0 Å². The van der Waals surface area contributed by atoms with Crippen LogP contribution in [0.1, 0.15) is 18.9 Å². The van der Waals surface area contributed by atoms with Crippen molar-refractivity contribution in [1.82, 2.24) is 4.72 Å². The molecule has 1 rings (SSSR count). The second kappa shape index (κ2) is 5.22. The fourth-order valence-electron chi connectivity index (χ4n) is 0.843. The minimum Gasteiger partial charge on any atom is -0.260 e. The van der Waals surface area contributed by atoms with Gasteiger partial charge in [-0.25, -0.2) is 0 Å². The fourth-order valence-corrected chi connectivity index (χ4v) is 1.59. The molecule has 0 saturated heterocycles. The van der Waals surface area contributed by atoms with E-state index in [4.69, 9.17) is 0 Å². The first kappa shape index (κ1) is 9.62. The van der Waals surface area contributed by atoms with Crippen LogP contribution in [-0.4, -0.2) is 6.54 Å². The van der Waals surface area contributed by atoms with E-state index in [1.165, 1.54) is 16.9 Å². The number of hydrogen-bond acceptors (Lipinski definition) is 2. The molecule has 1 N–H and O–H groups in total. The van der Waals surface area contributed by atoms with Crippen molar-refractivity contribution in [3.05, 3.63) is 29.8 Å². The molecule has 0 saturated carbocycles. The van der Waals surface area contributed by atoms with Crippen LogP contribution >= 0.6 is 11.9 Å². The third-order valence-electron chi connectivity index (χ3n) is 1.56. The van der Waals surface area contributed by atoms with Gasteiger partial charge in [-0.1, -0.05) is 24.6 Å². The van der Waals surface area contributed by atoms with Gasteiger partial charge in [-0.05, 0) is 37.4 Å². The Kier molecular flexibility index (Phi) is 4.19. The molecule has 0 unspecified atom stereocenters. The first-order valence-corrected chi connectivity index (χ1v) is 5.11. The second-order valence-corrected chi connectivity index (χ2v) is 3.77. The van der Waals surface area contributed by atoms with Crippen molar-refractivity contribution in [3.8, 4) is 0 Å². The van der Waals surface area contributed by atoms with Crippen molar-refractivity contribution in [2.75, 3.05) is 6.54 Å². The molecule has 0 atom stereocenters. The van der Waals surface area contributed by atoms with Crippen LogP contribution in [0.4, 0.5) is 0 Å². The van der Waals surface area contributed by atoms with Crippen LogP contribution in [0.2, 0.25) is 0 Å². The van der Waals surface area contributed by atoms with E-state index in [-0.39, 0.29) is 0 Å². The zero-order chi connectivity index (χ0) is 8.81. The van der Waals surface area contributed by atoms with Gasteiger partial charge in [-0.2, -0.15) is 0 Å². The van der Waals surface area contributed by atoms with Crippen molar-refractivity contribution < 1.29 is 0 Å². The Labute approximate surface area is 78.7 Å². The molecule has 0 bridgehead atoms. The smallest absolute Gasteiger partial charge is 0.0228 e. The number of aryl methyl sites for hydroxylation is 1. The number of benzene rings is 1. The van der Waals surface area contributed by atoms with Crippen molar-refractivity contribution >= 4 is 11.9 Å². The van der Waals surface area contributed by atoms with E-state index in [1.54, 1.807) is 11.9 Å². The van der Waals surface area contributed by atoms with Crippen LogP contribution in [0.15, 0.2) is 29.2 Å². The standard InChI is InChI=1S/C10H15NS/c1-3-8-11-12-10-6-4-9(2)5-7-10/h4-7,11H,3,8H2,1-2H3. The predicted octanol–water partition coefficient (Wildman–Crippen LogP) is 3.00. The van der Waals surface area contributed by atoms with Crippen LogP contribution in [0.25, 0.3) is 0 Å². The van der Waals surface area contributed by atoms with Gasteiger partial charge in [0.05, 0.1) is 0 Å². The average Bonchev–Trinajstić information content (AvgIpc) is 2.09. The molecule has 1 aromatic carbocycles. The Balaban J connectivity index is 2.37. The third-order valence-corrected chi connectivity index (χ3v) is 2.42. The Hall–Kier alpha value is -0.470. The van der Waals surface area contributed by atoms with Gasteiger partial charge < -0.3 is 0 Å². The van der Waals surface area contributed by atoms with E-state index in [9.17, 15) is 0 Å². The summed E-state index contributed by atoms with van der Waals surface area (Å²) >= 11 is 1.70. The zero-order valence-corrected chi connectivity index (χ0v) is 8.45. The van der Waals surface area contributed by atoms with Crippen LogP contribution in [0, 0.1) is 6.92 Å². The maximum atomic E-state index is 3.29. The third kappa shape index (κ3) is 3.28. The van der Waals surface area contributed by atoms with Gasteiger partial charge in [-0.3, -0.25) is 4.72 Å². The van der Waals surface area contributed by atoms with Crippen molar-refractivity contribution in [2.24, 2.45) is 0 Å². The molecule has 12 heavy (non-hydrogen) atoms. The lowest BCUT2D eigenvalue weighted by Crippen LogP contribution is -2.02. The highest BCUT2D eigenvalue weighted by Gasteiger charge is 1.90. The Morgan fingerprint density at radius 2 is 1.92 bits per heavy atom. The van der Waals surface area contributed by atoms with Gasteiger partial charge in [0.15, 0.2) is 0 Å². The topological polar surface area (TPSA) is 12.0 Å². The van der Waals surface area contributed by atoms with Crippen molar-refractivity contribution in [3.63, 3.8) is 0 Å². The van der Waals surface area contributed by atoms with E-state index in [0.29, 0.717) is 0 Å². The summed E-state index contributed by atoms with van der Waals surface area (Å²) in [5, 5.41) is 0. The lowest BCUT2D eigenvalue weighted by Gasteiger charge is -2.01. The maximum Gasteiger partial charge on any atom is 0.0228 e. The molecular formula is C10H15NS. The predicted molar refractivity (Wildman–Crippen MR) is 55.3 cm³/mol. The molecule has 2 heteroatoms. The molecule has 66 valence electrons. The van der Waals surface area contributed by atoms with Gasteiger partial charge in [-0.15, -0.1) is 0 Å². The summed E-state index contributed by atoms with van der Waals surface area (Å²) in [6, 6.07) is 8.55. The van der Waals surface area contributed by atoms with Gasteiger partial charge >= 0.3 is 0 Å². The molecule has 0 radical (unpaired) electrons. The average molecular weight is 181 g/mol. The molecule has 0 aliphatic heterocycles. The highest BCUT2D eigenvalue weighted by molar-refractivity contribution is 7.97. The first-order valence-electron chi connectivity index (χ1n) is 4.29. The van der Waals surface area contributed by atoms with Crippen LogP contribution in [0.3, 0.4) is 0 Å². The second-order valence-electron chi connectivity index (χ2n) is 2.81. The summed E-state index contributed by atoms with van der Waals surface area (Å²) in [7, 11) is 0. The van der Waals surface area contributed by atoms with Gasteiger partial charge in [0, 0.05) is 11.4 Å². The molecule has 0 amide bonds. The highest BCUT2D eigenvalue weighted by Crippen LogP contribution is 2.14. The lowest BCUT2D eigenvalue weighted by molar-refractivity contribution is 0.877. The molecule has 1 nitrogen and oxygen atoms in total. The molecular weight excluding hydrogens is 166 g/mol. The molecule has 0 fully saturated rings. The minimum atomic E-state index is 1.07.